The first kappa shape index (κ1) is 14.9. The molecule has 1 aromatic rings. The van der Waals surface area contributed by atoms with E-state index in [2.05, 4.69) is 5.32 Å². The van der Waals surface area contributed by atoms with Crippen LogP contribution in [0.3, 0.4) is 0 Å². The van der Waals surface area contributed by atoms with Crippen molar-refractivity contribution in [2.75, 3.05) is 6.61 Å². The molecule has 2 N–H and O–H groups in total. The van der Waals surface area contributed by atoms with Crippen LogP contribution >= 0.6 is 0 Å². The highest BCUT2D eigenvalue weighted by Crippen LogP contribution is 2.31. The van der Waals surface area contributed by atoms with Crippen molar-refractivity contribution in [2.24, 2.45) is 0 Å². The third kappa shape index (κ3) is 3.97. The Morgan fingerprint density at radius 3 is 3.05 bits per heavy atom. The Labute approximate surface area is 120 Å². The summed E-state index contributed by atoms with van der Waals surface area (Å²) in [6, 6.07) is 5.95. The van der Waals surface area contributed by atoms with E-state index in [9.17, 15) is 9.90 Å². The van der Waals surface area contributed by atoms with Gasteiger partial charge in [0.15, 0.2) is 0 Å². The first-order chi connectivity index (χ1) is 9.56. The summed E-state index contributed by atoms with van der Waals surface area (Å²) in [6.45, 7) is 4.25. The number of aliphatic hydroxyl groups excluding tert-OH is 1. The zero-order valence-corrected chi connectivity index (χ0v) is 12.2. The molecule has 0 spiro atoms. The summed E-state index contributed by atoms with van der Waals surface area (Å²) in [6.07, 6.45) is 2.84. The highest BCUT2D eigenvalue weighted by Gasteiger charge is 2.18. The summed E-state index contributed by atoms with van der Waals surface area (Å²) in [5, 5.41) is 12.7. The lowest BCUT2D eigenvalue weighted by Crippen LogP contribution is -2.31. The second kappa shape index (κ2) is 6.75. The fraction of sp³-hybridized carbons (Fsp3) is 0.562. The van der Waals surface area contributed by atoms with Gasteiger partial charge >= 0.3 is 0 Å². The third-order valence-corrected chi connectivity index (χ3v) is 3.44. The number of hydrogen-bond donors (Lipinski definition) is 2. The summed E-state index contributed by atoms with van der Waals surface area (Å²) in [5.41, 5.74) is 2.18. The number of aryl methyl sites for hydroxylation is 1. The number of benzene rings is 1. The Kier molecular flexibility index (Phi) is 5.01. The lowest BCUT2D eigenvalue weighted by Gasteiger charge is -2.21. The Morgan fingerprint density at radius 1 is 1.50 bits per heavy atom. The maximum Gasteiger partial charge on any atom is 0.223 e. The van der Waals surface area contributed by atoms with Crippen LogP contribution in [0.2, 0.25) is 0 Å². The van der Waals surface area contributed by atoms with Crippen LogP contribution in [0.4, 0.5) is 0 Å². The monoisotopic (exact) mass is 277 g/mol. The quantitative estimate of drug-likeness (QED) is 0.868. The minimum absolute atomic E-state index is 0.00776. The average Bonchev–Trinajstić information content (AvgIpc) is 2.38. The summed E-state index contributed by atoms with van der Waals surface area (Å²) < 4.78 is 5.62. The van der Waals surface area contributed by atoms with Gasteiger partial charge in [-0.05, 0) is 56.4 Å². The molecule has 1 aromatic carbocycles. The van der Waals surface area contributed by atoms with Gasteiger partial charge in [-0.3, -0.25) is 4.79 Å². The summed E-state index contributed by atoms with van der Waals surface area (Å²) in [4.78, 5) is 11.5. The van der Waals surface area contributed by atoms with Crippen LogP contribution in [0.25, 0.3) is 0 Å². The maximum absolute atomic E-state index is 11.5. The number of carbonyl (C=O) groups is 1. The van der Waals surface area contributed by atoms with Crippen molar-refractivity contribution >= 4 is 5.91 Å². The van der Waals surface area contributed by atoms with Crippen LogP contribution in [0.5, 0.6) is 5.75 Å². The number of ether oxygens (including phenoxy) is 1. The van der Waals surface area contributed by atoms with Crippen LogP contribution in [0.1, 0.15) is 50.3 Å². The molecular weight excluding hydrogens is 254 g/mol. The van der Waals surface area contributed by atoms with E-state index in [0.29, 0.717) is 13.0 Å². The number of nitrogens with one attached hydrogen (secondary N) is 1. The molecule has 0 heterocycles. The molecule has 0 fully saturated rings. The molecule has 0 radical (unpaired) electrons. The SMILES string of the molecule is CC(C)NC(=O)CCOc1ccc2c(c1)CCCC2O. The van der Waals surface area contributed by atoms with E-state index >= 15 is 0 Å². The van der Waals surface area contributed by atoms with Crippen LogP contribution in [-0.2, 0) is 11.2 Å². The Bertz CT molecular complexity index is 471. The molecule has 2 rings (SSSR count). The summed E-state index contributed by atoms with van der Waals surface area (Å²) in [7, 11) is 0. The molecule has 1 unspecified atom stereocenters. The molecule has 1 amide bonds. The smallest absolute Gasteiger partial charge is 0.223 e. The number of aliphatic hydroxyl groups is 1. The molecule has 1 aliphatic carbocycles. The van der Waals surface area contributed by atoms with E-state index in [1.54, 1.807) is 0 Å². The Balaban J connectivity index is 1.86. The standard InChI is InChI=1S/C16H23NO3/c1-11(2)17-16(19)8-9-20-13-6-7-14-12(10-13)4-3-5-15(14)18/h6-7,10-11,15,18H,3-5,8-9H2,1-2H3,(H,17,19). The van der Waals surface area contributed by atoms with E-state index in [0.717, 1.165) is 36.1 Å². The average molecular weight is 277 g/mol. The molecule has 1 aliphatic rings. The molecular formula is C16H23NO3. The topological polar surface area (TPSA) is 58.6 Å². The zero-order valence-electron chi connectivity index (χ0n) is 12.2. The van der Waals surface area contributed by atoms with Crippen LogP contribution in [0, 0.1) is 0 Å². The van der Waals surface area contributed by atoms with E-state index < -0.39 is 0 Å². The van der Waals surface area contributed by atoms with Gasteiger partial charge in [0, 0.05) is 6.04 Å². The van der Waals surface area contributed by atoms with Crippen LogP contribution in [-0.4, -0.2) is 23.7 Å². The fourth-order valence-electron chi connectivity index (χ4n) is 2.51. The molecule has 0 aromatic heterocycles. The van der Waals surface area contributed by atoms with Gasteiger partial charge in [0.1, 0.15) is 5.75 Å². The largest absolute Gasteiger partial charge is 0.493 e. The Morgan fingerprint density at radius 2 is 2.30 bits per heavy atom. The summed E-state index contributed by atoms with van der Waals surface area (Å²) in [5.74, 6) is 0.781. The van der Waals surface area contributed by atoms with Crippen molar-refractivity contribution in [3.8, 4) is 5.75 Å². The molecule has 0 saturated carbocycles. The Hall–Kier alpha value is -1.55. The van der Waals surface area contributed by atoms with Gasteiger partial charge in [-0.2, -0.15) is 0 Å². The van der Waals surface area contributed by atoms with Gasteiger partial charge in [0.05, 0.1) is 19.1 Å². The van der Waals surface area contributed by atoms with Crippen molar-refractivity contribution in [3.05, 3.63) is 29.3 Å². The molecule has 4 heteroatoms. The maximum atomic E-state index is 11.5. The highest BCUT2D eigenvalue weighted by atomic mass is 16.5. The van der Waals surface area contributed by atoms with Crippen molar-refractivity contribution in [3.63, 3.8) is 0 Å². The number of carbonyl (C=O) groups excluding carboxylic acids is 1. The van der Waals surface area contributed by atoms with Gasteiger partial charge in [0.25, 0.3) is 0 Å². The molecule has 110 valence electrons. The van der Waals surface area contributed by atoms with E-state index in [1.165, 1.54) is 0 Å². The minimum Gasteiger partial charge on any atom is -0.493 e. The molecule has 1 atom stereocenters. The third-order valence-electron chi connectivity index (χ3n) is 3.44. The van der Waals surface area contributed by atoms with Gasteiger partial charge < -0.3 is 15.2 Å². The molecule has 0 aliphatic heterocycles. The first-order valence-electron chi connectivity index (χ1n) is 7.29. The minimum atomic E-state index is -0.343. The predicted molar refractivity (Wildman–Crippen MR) is 77.7 cm³/mol. The lowest BCUT2D eigenvalue weighted by atomic mass is 9.89. The predicted octanol–water partition coefficient (Wildman–Crippen LogP) is 2.35. The van der Waals surface area contributed by atoms with Crippen LogP contribution < -0.4 is 10.1 Å². The van der Waals surface area contributed by atoms with E-state index in [1.807, 2.05) is 32.0 Å². The number of fused-ring (bicyclic) bond motifs is 1. The van der Waals surface area contributed by atoms with Gasteiger partial charge in [-0.25, -0.2) is 0 Å². The van der Waals surface area contributed by atoms with Gasteiger partial charge in [-0.15, -0.1) is 0 Å². The first-order valence-corrected chi connectivity index (χ1v) is 7.29. The zero-order chi connectivity index (χ0) is 14.5. The van der Waals surface area contributed by atoms with Gasteiger partial charge in [0.2, 0.25) is 5.91 Å². The number of amides is 1. The van der Waals surface area contributed by atoms with Crippen molar-refractivity contribution in [1.29, 1.82) is 0 Å². The highest BCUT2D eigenvalue weighted by molar-refractivity contribution is 5.76. The normalized spacial score (nSPS) is 17.7. The fourth-order valence-corrected chi connectivity index (χ4v) is 2.51. The summed E-state index contributed by atoms with van der Waals surface area (Å²) >= 11 is 0. The molecule has 20 heavy (non-hydrogen) atoms. The van der Waals surface area contributed by atoms with Crippen molar-refractivity contribution in [2.45, 2.75) is 51.7 Å². The molecule has 0 saturated heterocycles. The van der Waals surface area contributed by atoms with E-state index in [4.69, 9.17) is 4.74 Å². The van der Waals surface area contributed by atoms with Gasteiger partial charge in [-0.1, -0.05) is 6.07 Å². The number of rotatable bonds is 5. The lowest BCUT2D eigenvalue weighted by molar-refractivity contribution is -0.122. The van der Waals surface area contributed by atoms with Crippen molar-refractivity contribution in [1.82, 2.24) is 5.32 Å². The van der Waals surface area contributed by atoms with E-state index in [-0.39, 0.29) is 18.1 Å². The van der Waals surface area contributed by atoms with Crippen LogP contribution in [0.15, 0.2) is 18.2 Å². The van der Waals surface area contributed by atoms with Crippen molar-refractivity contribution < 1.29 is 14.6 Å². The second-order valence-corrected chi connectivity index (χ2v) is 5.59. The molecule has 4 nitrogen and oxygen atoms in total. The second-order valence-electron chi connectivity index (χ2n) is 5.59. The molecule has 0 bridgehead atoms. The number of hydrogen-bond acceptors (Lipinski definition) is 3.